The van der Waals surface area contributed by atoms with Crippen LogP contribution in [0.25, 0.3) is 0 Å². The van der Waals surface area contributed by atoms with Crippen LogP contribution >= 0.6 is 0 Å². The summed E-state index contributed by atoms with van der Waals surface area (Å²) < 4.78 is 5.21. The lowest BCUT2D eigenvalue weighted by Gasteiger charge is -2.08. The van der Waals surface area contributed by atoms with E-state index in [1.165, 1.54) is 0 Å². The molecule has 0 spiro atoms. The monoisotopic (exact) mass is 342 g/mol. The number of carbonyl (C=O) groups is 3. The van der Waals surface area contributed by atoms with E-state index in [9.17, 15) is 14.4 Å². The SMILES string of the molecule is O=C(O)CNC(=O)Nc1cccc(CC(=O)OCc2ccccc2)c1. The number of carboxylic acids is 1. The van der Waals surface area contributed by atoms with Gasteiger partial charge in [-0.15, -0.1) is 0 Å². The molecule has 2 rings (SSSR count). The number of rotatable bonds is 7. The maximum Gasteiger partial charge on any atom is 0.323 e. The van der Waals surface area contributed by atoms with Crippen molar-refractivity contribution in [3.05, 3.63) is 65.7 Å². The van der Waals surface area contributed by atoms with Crippen molar-refractivity contribution in [3.63, 3.8) is 0 Å². The van der Waals surface area contributed by atoms with Crippen molar-refractivity contribution in [1.29, 1.82) is 0 Å². The van der Waals surface area contributed by atoms with E-state index in [4.69, 9.17) is 9.84 Å². The minimum Gasteiger partial charge on any atom is -0.480 e. The first-order valence-corrected chi connectivity index (χ1v) is 7.58. The molecule has 3 N–H and O–H groups in total. The number of carboxylic acid groups (broad SMARTS) is 1. The molecule has 2 aromatic carbocycles. The Morgan fingerprint density at radius 3 is 2.40 bits per heavy atom. The summed E-state index contributed by atoms with van der Waals surface area (Å²) in [5.41, 5.74) is 2.03. The predicted molar refractivity (Wildman–Crippen MR) is 91.0 cm³/mol. The van der Waals surface area contributed by atoms with E-state index in [0.717, 1.165) is 5.56 Å². The molecule has 0 aromatic heterocycles. The number of esters is 1. The third-order valence-electron chi connectivity index (χ3n) is 3.18. The largest absolute Gasteiger partial charge is 0.480 e. The molecule has 0 unspecified atom stereocenters. The summed E-state index contributed by atoms with van der Waals surface area (Å²) in [5, 5.41) is 13.2. The zero-order chi connectivity index (χ0) is 18.1. The second-order valence-corrected chi connectivity index (χ2v) is 5.22. The van der Waals surface area contributed by atoms with Crippen LogP contribution in [-0.2, 0) is 27.4 Å². The smallest absolute Gasteiger partial charge is 0.323 e. The Balaban J connectivity index is 1.84. The van der Waals surface area contributed by atoms with Gasteiger partial charge in [-0.05, 0) is 23.3 Å². The van der Waals surface area contributed by atoms with Gasteiger partial charge in [-0.3, -0.25) is 9.59 Å². The lowest BCUT2D eigenvalue weighted by molar-refractivity contribution is -0.144. The maximum absolute atomic E-state index is 11.9. The minimum atomic E-state index is -1.13. The molecule has 2 aromatic rings. The van der Waals surface area contributed by atoms with Crippen LogP contribution in [0, 0.1) is 0 Å². The summed E-state index contributed by atoms with van der Waals surface area (Å²) in [5.74, 6) is -1.51. The molecule has 25 heavy (non-hydrogen) atoms. The highest BCUT2D eigenvalue weighted by Gasteiger charge is 2.08. The summed E-state index contributed by atoms with van der Waals surface area (Å²) in [6.45, 7) is -0.271. The highest BCUT2D eigenvalue weighted by molar-refractivity contribution is 5.91. The first-order valence-electron chi connectivity index (χ1n) is 7.58. The van der Waals surface area contributed by atoms with Crippen molar-refractivity contribution >= 4 is 23.7 Å². The molecule has 0 aliphatic heterocycles. The van der Waals surface area contributed by atoms with Crippen molar-refractivity contribution in [2.24, 2.45) is 0 Å². The summed E-state index contributed by atoms with van der Waals surface area (Å²) >= 11 is 0. The second kappa shape index (κ2) is 9.07. The molecule has 0 atom stereocenters. The summed E-state index contributed by atoms with van der Waals surface area (Å²) in [4.78, 5) is 33.8. The van der Waals surface area contributed by atoms with E-state index in [1.54, 1.807) is 24.3 Å². The van der Waals surface area contributed by atoms with Gasteiger partial charge in [-0.1, -0.05) is 42.5 Å². The number of urea groups is 1. The van der Waals surface area contributed by atoms with Gasteiger partial charge in [0.25, 0.3) is 0 Å². The number of hydrogen-bond donors (Lipinski definition) is 3. The fraction of sp³-hybridized carbons (Fsp3) is 0.167. The zero-order valence-corrected chi connectivity index (χ0v) is 13.4. The molecular formula is C18H18N2O5. The molecule has 0 saturated heterocycles. The number of ether oxygens (including phenoxy) is 1. The Labute approximate surface area is 144 Å². The second-order valence-electron chi connectivity index (χ2n) is 5.22. The molecule has 0 heterocycles. The van der Waals surface area contributed by atoms with Gasteiger partial charge >= 0.3 is 18.0 Å². The van der Waals surface area contributed by atoms with Crippen LogP contribution in [0.5, 0.6) is 0 Å². The van der Waals surface area contributed by atoms with Crippen LogP contribution in [0.1, 0.15) is 11.1 Å². The van der Waals surface area contributed by atoms with Crippen LogP contribution in [0.2, 0.25) is 0 Å². The topological polar surface area (TPSA) is 105 Å². The molecule has 0 fully saturated rings. The maximum atomic E-state index is 11.9. The number of nitrogens with one attached hydrogen (secondary N) is 2. The Hall–Kier alpha value is -3.35. The van der Waals surface area contributed by atoms with Gasteiger partial charge < -0.3 is 20.5 Å². The third kappa shape index (κ3) is 6.74. The molecule has 130 valence electrons. The minimum absolute atomic E-state index is 0.0686. The molecule has 7 nitrogen and oxygen atoms in total. The van der Waals surface area contributed by atoms with Crippen LogP contribution in [-0.4, -0.2) is 29.6 Å². The number of carbonyl (C=O) groups excluding carboxylic acids is 2. The fourth-order valence-electron chi connectivity index (χ4n) is 2.05. The normalized spacial score (nSPS) is 9.92. The van der Waals surface area contributed by atoms with Gasteiger partial charge in [0.1, 0.15) is 13.2 Å². The fourth-order valence-corrected chi connectivity index (χ4v) is 2.05. The van der Waals surface area contributed by atoms with E-state index in [2.05, 4.69) is 10.6 Å². The van der Waals surface area contributed by atoms with E-state index >= 15 is 0 Å². The molecule has 0 radical (unpaired) electrons. The van der Waals surface area contributed by atoms with E-state index in [-0.39, 0.29) is 19.0 Å². The highest BCUT2D eigenvalue weighted by Crippen LogP contribution is 2.12. The quantitative estimate of drug-likeness (QED) is 0.669. The van der Waals surface area contributed by atoms with Crippen LogP contribution in [0.4, 0.5) is 10.5 Å². The molecule has 2 amide bonds. The predicted octanol–water partition coefficient (Wildman–Crippen LogP) is 2.18. The van der Waals surface area contributed by atoms with Gasteiger partial charge in [0.05, 0.1) is 6.42 Å². The number of aliphatic carboxylic acids is 1. The van der Waals surface area contributed by atoms with Gasteiger partial charge in [-0.2, -0.15) is 0 Å². The van der Waals surface area contributed by atoms with Gasteiger partial charge in [0, 0.05) is 5.69 Å². The molecule has 0 saturated carbocycles. The Morgan fingerprint density at radius 1 is 0.960 bits per heavy atom. The average molecular weight is 342 g/mol. The Morgan fingerprint density at radius 2 is 1.68 bits per heavy atom. The summed E-state index contributed by atoms with van der Waals surface area (Å²) in [7, 11) is 0. The standard InChI is InChI=1S/C18H18N2O5/c21-16(22)11-19-18(24)20-15-8-4-7-14(9-15)10-17(23)25-12-13-5-2-1-3-6-13/h1-9H,10-12H2,(H,21,22)(H2,19,20,24). The van der Waals surface area contributed by atoms with Gasteiger partial charge in [0.15, 0.2) is 0 Å². The Kier molecular flexibility index (Phi) is 6.53. The average Bonchev–Trinajstić information content (AvgIpc) is 2.59. The Bertz CT molecular complexity index is 746. The summed E-state index contributed by atoms with van der Waals surface area (Å²) in [6, 6.07) is 15.4. The van der Waals surface area contributed by atoms with Crippen molar-refractivity contribution in [2.45, 2.75) is 13.0 Å². The van der Waals surface area contributed by atoms with Crippen LogP contribution in [0.15, 0.2) is 54.6 Å². The first-order chi connectivity index (χ1) is 12.0. The number of amides is 2. The van der Waals surface area contributed by atoms with Crippen LogP contribution < -0.4 is 10.6 Å². The molecule has 0 aliphatic carbocycles. The van der Waals surface area contributed by atoms with Gasteiger partial charge in [-0.25, -0.2) is 4.79 Å². The van der Waals surface area contributed by atoms with Crippen molar-refractivity contribution in [3.8, 4) is 0 Å². The van der Waals surface area contributed by atoms with Crippen molar-refractivity contribution in [2.75, 3.05) is 11.9 Å². The molecule has 0 bridgehead atoms. The number of hydrogen-bond acceptors (Lipinski definition) is 4. The van der Waals surface area contributed by atoms with Gasteiger partial charge in [0.2, 0.25) is 0 Å². The van der Waals surface area contributed by atoms with E-state index in [0.29, 0.717) is 11.3 Å². The lowest BCUT2D eigenvalue weighted by Crippen LogP contribution is -2.33. The third-order valence-corrected chi connectivity index (χ3v) is 3.18. The highest BCUT2D eigenvalue weighted by atomic mass is 16.5. The number of benzene rings is 2. The van der Waals surface area contributed by atoms with Crippen LogP contribution in [0.3, 0.4) is 0 Å². The first kappa shape index (κ1) is 18.0. The van der Waals surface area contributed by atoms with Crippen molar-refractivity contribution < 1.29 is 24.2 Å². The molecular weight excluding hydrogens is 324 g/mol. The number of anilines is 1. The lowest BCUT2D eigenvalue weighted by atomic mass is 10.1. The van der Waals surface area contributed by atoms with E-state index < -0.39 is 18.5 Å². The zero-order valence-electron chi connectivity index (χ0n) is 13.4. The van der Waals surface area contributed by atoms with E-state index in [1.807, 2.05) is 30.3 Å². The molecule has 7 heteroatoms. The van der Waals surface area contributed by atoms with Crippen molar-refractivity contribution in [1.82, 2.24) is 5.32 Å². The molecule has 0 aliphatic rings. The summed E-state index contributed by atoms with van der Waals surface area (Å²) in [6.07, 6.45) is 0.0686.